The lowest BCUT2D eigenvalue weighted by atomic mass is 10.3. The summed E-state index contributed by atoms with van der Waals surface area (Å²) in [6, 6.07) is 0. The van der Waals surface area contributed by atoms with E-state index in [2.05, 4.69) is 0 Å². The lowest BCUT2D eigenvalue weighted by Gasteiger charge is -2.01. The van der Waals surface area contributed by atoms with Gasteiger partial charge in [0.05, 0.1) is 0 Å². The van der Waals surface area contributed by atoms with Gasteiger partial charge in [0, 0.05) is 6.42 Å². The van der Waals surface area contributed by atoms with Crippen LogP contribution in [0.3, 0.4) is 0 Å². The van der Waals surface area contributed by atoms with Crippen LogP contribution < -0.4 is 0 Å². The second kappa shape index (κ2) is 1.64. The highest BCUT2D eigenvalue weighted by Crippen LogP contribution is 2.39. The Morgan fingerprint density at radius 3 is 1.88 bits per heavy atom. The monoisotopic (exact) mass is 124 g/mol. The van der Waals surface area contributed by atoms with Crippen LogP contribution >= 0.6 is 0 Å². The molecule has 1 saturated carbocycles. The minimum absolute atomic E-state index is 0.0324. The Labute approximate surface area is 45.7 Å². The Morgan fingerprint density at radius 2 is 1.75 bits per heavy atom. The summed E-state index contributed by atoms with van der Waals surface area (Å²) in [5.74, 6) is -0.0324. The maximum atomic E-state index is 11.3. The molecule has 0 unspecified atom stereocenters. The number of hydrogen-bond acceptors (Lipinski definition) is 0. The van der Waals surface area contributed by atoms with E-state index in [0.29, 0.717) is 0 Å². The zero-order valence-electron chi connectivity index (χ0n) is 4.33. The van der Waals surface area contributed by atoms with Crippen molar-refractivity contribution < 1.29 is 13.2 Å². The Bertz CT molecular complexity index is 80.2. The topological polar surface area (TPSA) is 0 Å². The lowest BCUT2D eigenvalue weighted by molar-refractivity contribution is -0.138. The normalized spacial score (nSPS) is 21.4. The highest BCUT2D eigenvalue weighted by molar-refractivity contribution is 4.75. The Balaban J connectivity index is 2.16. The first kappa shape index (κ1) is 5.92. The van der Waals surface area contributed by atoms with Crippen LogP contribution in [0.4, 0.5) is 13.2 Å². The molecule has 0 aromatic heterocycles. The standard InChI is InChI=1S/C5H7F3/c6-5(7,8)3-4-1-2-4/h4H,1-3H2. The zero-order chi connectivity index (χ0) is 6.20. The highest BCUT2D eigenvalue weighted by Gasteiger charge is 2.36. The molecule has 0 bridgehead atoms. The molecule has 0 spiro atoms. The molecule has 0 heterocycles. The van der Waals surface area contributed by atoms with Gasteiger partial charge in [-0.15, -0.1) is 0 Å². The first-order valence-corrected chi connectivity index (χ1v) is 2.65. The van der Waals surface area contributed by atoms with Crippen molar-refractivity contribution in [1.29, 1.82) is 0 Å². The molecule has 8 heavy (non-hydrogen) atoms. The maximum absolute atomic E-state index is 11.3. The fourth-order valence-electron chi connectivity index (χ4n) is 0.649. The van der Waals surface area contributed by atoms with Crippen LogP contribution in [0.15, 0.2) is 0 Å². The number of rotatable bonds is 1. The number of hydrogen-bond donors (Lipinski definition) is 0. The first-order chi connectivity index (χ1) is 3.58. The van der Waals surface area contributed by atoms with Crippen LogP contribution in [-0.4, -0.2) is 6.18 Å². The Hall–Kier alpha value is -0.210. The molecule has 0 aliphatic heterocycles. The van der Waals surface area contributed by atoms with Crippen molar-refractivity contribution in [2.45, 2.75) is 25.4 Å². The Morgan fingerprint density at radius 1 is 1.25 bits per heavy atom. The van der Waals surface area contributed by atoms with Gasteiger partial charge in [-0.25, -0.2) is 0 Å². The lowest BCUT2D eigenvalue weighted by Crippen LogP contribution is -2.07. The van der Waals surface area contributed by atoms with Gasteiger partial charge in [-0.05, 0) is 18.8 Å². The van der Waals surface area contributed by atoms with Gasteiger partial charge in [-0.1, -0.05) is 0 Å². The average molecular weight is 124 g/mol. The van der Waals surface area contributed by atoms with Crippen LogP contribution in [-0.2, 0) is 0 Å². The molecule has 48 valence electrons. The quantitative estimate of drug-likeness (QED) is 0.503. The van der Waals surface area contributed by atoms with Crippen LogP contribution in [0, 0.1) is 5.92 Å². The molecule has 1 rings (SSSR count). The highest BCUT2D eigenvalue weighted by atomic mass is 19.4. The maximum Gasteiger partial charge on any atom is 0.389 e. The third-order valence-electron chi connectivity index (χ3n) is 1.22. The molecule has 0 amide bonds. The van der Waals surface area contributed by atoms with Gasteiger partial charge in [-0.2, -0.15) is 13.2 Å². The smallest absolute Gasteiger partial charge is 0.171 e. The number of alkyl halides is 3. The van der Waals surface area contributed by atoms with Gasteiger partial charge >= 0.3 is 6.18 Å². The van der Waals surface area contributed by atoms with Crippen molar-refractivity contribution in [3.05, 3.63) is 0 Å². The van der Waals surface area contributed by atoms with Gasteiger partial charge in [0.15, 0.2) is 0 Å². The minimum Gasteiger partial charge on any atom is -0.171 e. The van der Waals surface area contributed by atoms with Crippen molar-refractivity contribution in [2.75, 3.05) is 0 Å². The summed E-state index contributed by atoms with van der Waals surface area (Å²) in [6.07, 6.45) is -2.92. The van der Waals surface area contributed by atoms with E-state index in [9.17, 15) is 13.2 Å². The third-order valence-corrected chi connectivity index (χ3v) is 1.22. The van der Waals surface area contributed by atoms with Crippen molar-refractivity contribution in [1.82, 2.24) is 0 Å². The predicted molar refractivity (Wildman–Crippen MR) is 23.4 cm³/mol. The fourth-order valence-corrected chi connectivity index (χ4v) is 0.649. The van der Waals surface area contributed by atoms with Gasteiger partial charge in [0.2, 0.25) is 0 Å². The molecule has 0 N–H and O–H groups in total. The van der Waals surface area contributed by atoms with E-state index >= 15 is 0 Å². The Kier molecular flexibility index (Phi) is 1.21. The van der Waals surface area contributed by atoms with Crippen molar-refractivity contribution >= 4 is 0 Å². The van der Waals surface area contributed by atoms with E-state index in [-0.39, 0.29) is 5.92 Å². The second-order valence-corrected chi connectivity index (χ2v) is 2.26. The summed E-state index contributed by atoms with van der Waals surface area (Å²) in [4.78, 5) is 0. The van der Waals surface area contributed by atoms with Crippen molar-refractivity contribution in [3.8, 4) is 0 Å². The summed E-state index contributed by atoms with van der Waals surface area (Å²) in [7, 11) is 0. The first-order valence-electron chi connectivity index (χ1n) is 2.65. The molecule has 0 saturated heterocycles. The van der Waals surface area contributed by atoms with Crippen molar-refractivity contribution in [3.63, 3.8) is 0 Å². The average Bonchev–Trinajstić information content (AvgIpc) is 2.12. The molecule has 0 atom stereocenters. The largest absolute Gasteiger partial charge is 0.389 e. The van der Waals surface area contributed by atoms with Crippen LogP contribution in [0.1, 0.15) is 19.3 Å². The molecule has 1 aliphatic rings. The molecule has 1 fully saturated rings. The van der Waals surface area contributed by atoms with Gasteiger partial charge in [0.1, 0.15) is 0 Å². The molecule has 3 heteroatoms. The van der Waals surface area contributed by atoms with Crippen LogP contribution in [0.5, 0.6) is 0 Å². The fraction of sp³-hybridized carbons (Fsp3) is 1.00. The van der Waals surface area contributed by atoms with Crippen LogP contribution in [0.25, 0.3) is 0 Å². The van der Waals surface area contributed by atoms with Gasteiger partial charge < -0.3 is 0 Å². The molecule has 1 aliphatic carbocycles. The minimum atomic E-state index is -3.92. The molecule has 0 aromatic carbocycles. The van der Waals surface area contributed by atoms with Crippen LogP contribution in [0.2, 0.25) is 0 Å². The van der Waals surface area contributed by atoms with Crippen molar-refractivity contribution in [2.24, 2.45) is 5.92 Å². The van der Waals surface area contributed by atoms with E-state index < -0.39 is 12.6 Å². The van der Waals surface area contributed by atoms with E-state index in [1.807, 2.05) is 0 Å². The van der Waals surface area contributed by atoms with E-state index in [1.165, 1.54) is 0 Å². The molecule has 0 radical (unpaired) electrons. The zero-order valence-corrected chi connectivity index (χ0v) is 4.33. The number of halogens is 3. The molecular formula is C5H7F3. The molecule has 0 nitrogen and oxygen atoms in total. The van der Waals surface area contributed by atoms with Gasteiger partial charge in [-0.3, -0.25) is 0 Å². The summed E-state index contributed by atoms with van der Waals surface area (Å²) in [6.45, 7) is 0. The summed E-state index contributed by atoms with van der Waals surface area (Å²) in [5, 5.41) is 0. The van der Waals surface area contributed by atoms with E-state index in [4.69, 9.17) is 0 Å². The van der Waals surface area contributed by atoms with Gasteiger partial charge in [0.25, 0.3) is 0 Å². The molecule has 0 aromatic rings. The van der Waals surface area contributed by atoms with E-state index in [1.54, 1.807) is 0 Å². The SMILES string of the molecule is FC(F)(F)CC1CC1. The summed E-state index contributed by atoms with van der Waals surface area (Å²) < 4.78 is 34.0. The molecular weight excluding hydrogens is 117 g/mol. The third kappa shape index (κ3) is 2.19. The summed E-state index contributed by atoms with van der Waals surface area (Å²) >= 11 is 0. The van der Waals surface area contributed by atoms with E-state index in [0.717, 1.165) is 12.8 Å². The summed E-state index contributed by atoms with van der Waals surface area (Å²) in [5.41, 5.74) is 0. The second-order valence-electron chi connectivity index (χ2n) is 2.26. The predicted octanol–water partition coefficient (Wildman–Crippen LogP) is 2.35.